The molecule has 0 bridgehead atoms. The normalized spacial score (nSPS) is 15.6. The summed E-state index contributed by atoms with van der Waals surface area (Å²) >= 11 is 11.5. The van der Waals surface area contributed by atoms with Gasteiger partial charge in [-0.3, -0.25) is 14.9 Å². The molecule has 0 aromatic heterocycles. The van der Waals surface area contributed by atoms with Crippen molar-refractivity contribution in [3.8, 4) is 0 Å². The Balaban J connectivity index is 2.52. The van der Waals surface area contributed by atoms with Gasteiger partial charge in [-0.15, -0.1) is 0 Å². The zero-order valence-electron chi connectivity index (χ0n) is 7.66. The van der Waals surface area contributed by atoms with E-state index in [1.54, 1.807) is 0 Å². The van der Waals surface area contributed by atoms with E-state index in [0.717, 1.165) is 0 Å². The lowest BCUT2D eigenvalue weighted by Gasteiger charge is -2.13. The second-order valence-electron chi connectivity index (χ2n) is 3.00. The van der Waals surface area contributed by atoms with Crippen LogP contribution in [-0.4, -0.2) is 17.8 Å². The maximum atomic E-state index is 11.4. The molecule has 1 aliphatic rings. The lowest BCUT2D eigenvalue weighted by atomic mass is 10.3. The van der Waals surface area contributed by atoms with Gasteiger partial charge in [-0.2, -0.15) is 0 Å². The van der Waals surface area contributed by atoms with Crippen molar-refractivity contribution in [3.63, 3.8) is 0 Å². The molecule has 1 aromatic rings. The number of carbonyl (C=O) groups excluding carboxylic acids is 3. The maximum Gasteiger partial charge on any atom is 0.336 e. The molecule has 82 valence electrons. The van der Waals surface area contributed by atoms with Gasteiger partial charge in [-0.25, -0.2) is 9.69 Å². The summed E-state index contributed by atoms with van der Waals surface area (Å²) in [6.07, 6.45) is 0. The summed E-state index contributed by atoms with van der Waals surface area (Å²) in [6.45, 7) is 0. The van der Waals surface area contributed by atoms with Crippen molar-refractivity contribution in [2.75, 3.05) is 4.90 Å². The smallest absolute Gasteiger partial charge is 0.269 e. The lowest BCUT2D eigenvalue weighted by molar-refractivity contribution is -0.134. The van der Waals surface area contributed by atoms with Gasteiger partial charge in [0.2, 0.25) is 0 Å². The molecule has 2 rings (SSSR count). The molecule has 1 fully saturated rings. The first-order valence-electron chi connectivity index (χ1n) is 4.15. The number of halogens is 2. The number of benzene rings is 1. The molecule has 1 aromatic carbocycles. The van der Waals surface area contributed by atoms with Crippen molar-refractivity contribution in [2.24, 2.45) is 0 Å². The highest BCUT2D eigenvalue weighted by Gasteiger charge is 2.39. The van der Waals surface area contributed by atoms with Gasteiger partial charge in [0, 0.05) is 5.02 Å². The van der Waals surface area contributed by atoms with Crippen LogP contribution in [0.3, 0.4) is 0 Å². The van der Waals surface area contributed by atoms with Gasteiger partial charge < -0.3 is 0 Å². The van der Waals surface area contributed by atoms with E-state index in [-0.39, 0.29) is 10.7 Å². The predicted molar refractivity (Wildman–Crippen MR) is 57.5 cm³/mol. The molecular weight excluding hydrogens is 255 g/mol. The quantitative estimate of drug-likeness (QED) is 0.615. The molecule has 0 atom stereocenters. The van der Waals surface area contributed by atoms with Crippen molar-refractivity contribution >= 4 is 46.7 Å². The van der Waals surface area contributed by atoms with Gasteiger partial charge in [0.1, 0.15) is 0 Å². The summed E-state index contributed by atoms with van der Waals surface area (Å²) in [5.74, 6) is -1.96. The van der Waals surface area contributed by atoms with E-state index in [0.29, 0.717) is 9.92 Å². The highest BCUT2D eigenvalue weighted by molar-refractivity contribution is 6.54. The molecule has 0 unspecified atom stereocenters. The summed E-state index contributed by atoms with van der Waals surface area (Å²) in [5, 5.41) is 2.32. The third kappa shape index (κ3) is 1.64. The lowest BCUT2D eigenvalue weighted by Crippen LogP contribution is -2.31. The summed E-state index contributed by atoms with van der Waals surface area (Å²) in [6, 6.07) is 3.44. The molecule has 1 aliphatic heterocycles. The van der Waals surface area contributed by atoms with Crippen molar-refractivity contribution in [3.05, 3.63) is 28.2 Å². The number of amides is 4. The summed E-state index contributed by atoms with van der Waals surface area (Å²) in [4.78, 5) is 34.3. The number of hydrogen-bond donors (Lipinski definition) is 1. The molecule has 1 saturated heterocycles. The van der Waals surface area contributed by atoms with Gasteiger partial charge in [0.25, 0.3) is 0 Å². The van der Waals surface area contributed by atoms with E-state index < -0.39 is 17.8 Å². The van der Waals surface area contributed by atoms with Crippen LogP contribution in [0.1, 0.15) is 0 Å². The Kier molecular flexibility index (Phi) is 2.57. The van der Waals surface area contributed by atoms with Crippen molar-refractivity contribution in [1.82, 2.24) is 5.32 Å². The molecule has 0 saturated carbocycles. The first-order valence-corrected chi connectivity index (χ1v) is 4.91. The largest absolute Gasteiger partial charge is 0.336 e. The minimum atomic E-state index is -0.985. The van der Waals surface area contributed by atoms with Gasteiger partial charge in [0.05, 0.1) is 10.7 Å². The Labute approximate surface area is 99.9 Å². The van der Waals surface area contributed by atoms with Crippen LogP contribution in [0.4, 0.5) is 10.5 Å². The van der Waals surface area contributed by atoms with E-state index >= 15 is 0 Å². The molecule has 5 nitrogen and oxygen atoms in total. The van der Waals surface area contributed by atoms with Crippen molar-refractivity contribution in [2.45, 2.75) is 0 Å². The molecule has 1 N–H and O–H groups in total. The molecular formula is C9H4Cl2N2O3. The van der Waals surface area contributed by atoms with Crippen molar-refractivity contribution < 1.29 is 14.4 Å². The number of rotatable bonds is 1. The fourth-order valence-corrected chi connectivity index (χ4v) is 1.64. The van der Waals surface area contributed by atoms with Gasteiger partial charge in [0.15, 0.2) is 0 Å². The Morgan fingerprint density at radius 1 is 1.12 bits per heavy atom. The first-order chi connectivity index (χ1) is 7.50. The Morgan fingerprint density at radius 3 is 2.38 bits per heavy atom. The highest BCUT2D eigenvalue weighted by atomic mass is 35.5. The van der Waals surface area contributed by atoms with Crippen LogP contribution in [0.5, 0.6) is 0 Å². The van der Waals surface area contributed by atoms with Crippen LogP contribution >= 0.6 is 23.2 Å². The number of anilines is 1. The number of urea groups is 1. The molecule has 7 heteroatoms. The third-order valence-electron chi connectivity index (χ3n) is 1.97. The van der Waals surface area contributed by atoms with Crippen molar-refractivity contribution in [1.29, 1.82) is 0 Å². The SMILES string of the molecule is O=C1NC(=O)N(c2cc(Cl)ccc2Cl)C1=O. The Bertz CT molecular complexity index is 515. The average Bonchev–Trinajstić information content (AvgIpc) is 2.46. The zero-order valence-corrected chi connectivity index (χ0v) is 9.17. The molecule has 1 heterocycles. The number of imide groups is 2. The van der Waals surface area contributed by atoms with Crippen LogP contribution in [0.15, 0.2) is 18.2 Å². The standard InChI is InChI=1S/C9H4Cl2N2O3/c10-4-1-2-5(11)6(3-4)13-8(15)7(14)12-9(13)16/h1-3H,(H,12,14,16). The number of hydrogen-bond acceptors (Lipinski definition) is 3. The van der Waals surface area contributed by atoms with E-state index in [2.05, 4.69) is 0 Å². The van der Waals surface area contributed by atoms with E-state index in [4.69, 9.17) is 23.2 Å². The second-order valence-corrected chi connectivity index (χ2v) is 3.84. The van der Waals surface area contributed by atoms with E-state index in [9.17, 15) is 14.4 Å². The number of carbonyl (C=O) groups is 3. The monoisotopic (exact) mass is 258 g/mol. The van der Waals surface area contributed by atoms with Crippen LogP contribution in [-0.2, 0) is 9.59 Å². The number of nitrogens with zero attached hydrogens (tertiary/aromatic N) is 1. The molecule has 16 heavy (non-hydrogen) atoms. The summed E-state index contributed by atoms with van der Waals surface area (Å²) in [5.41, 5.74) is 0.0857. The predicted octanol–water partition coefficient (Wildman–Crippen LogP) is 1.58. The number of nitrogens with one attached hydrogen (secondary N) is 1. The zero-order chi connectivity index (χ0) is 11.9. The minimum absolute atomic E-state index is 0.0857. The second kappa shape index (κ2) is 3.77. The molecule has 4 amide bonds. The summed E-state index contributed by atoms with van der Waals surface area (Å²) < 4.78 is 0. The molecule has 0 radical (unpaired) electrons. The maximum absolute atomic E-state index is 11.4. The Morgan fingerprint density at radius 2 is 1.81 bits per heavy atom. The van der Waals surface area contributed by atoms with Crippen LogP contribution < -0.4 is 10.2 Å². The third-order valence-corrected chi connectivity index (χ3v) is 2.52. The Hall–Kier alpha value is -1.59. The molecule has 0 aliphatic carbocycles. The summed E-state index contributed by atoms with van der Waals surface area (Å²) in [7, 11) is 0. The van der Waals surface area contributed by atoms with Crippen LogP contribution in [0.25, 0.3) is 0 Å². The topological polar surface area (TPSA) is 66.5 Å². The minimum Gasteiger partial charge on any atom is -0.269 e. The van der Waals surface area contributed by atoms with E-state index in [1.165, 1.54) is 18.2 Å². The van der Waals surface area contributed by atoms with E-state index in [1.807, 2.05) is 5.32 Å². The molecule has 0 spiro atoms. The fourth-order valence-electron chi connectivity index (χ4n) is 1.28. The first kappa shape index (κ1) is 10.9. The van der Waals surface area contributed by atoms with Gasteiger partial charge >= 0.3 is 17.8 Å². The average molecular weight is 259 g/mol. The van der Waals surface area contributed by atoms with Gasteiger partial charge in [-0.05, 0) is 18.2 Å². The van der Waals surface area contributed by atoms with Crippen LogP contribution in [0.2, 0.25) is 10.0 Å². The fraction of sp³-hybridized carbons (Fsp3) is 0. The highest BCUT2D eigenvalue weighted by Crippen LogP contribution is 2.30. The van der Waals surface area contributed by atoms with Gasteiger partial charge in [-0.1, -0.05) is 23.2 Å². The van der Waals surface area contributed by atoms with Crippen LogP contribution in [0, 0.1) is 0 Å².